The summed E-state index contributed by atoms with van der Waals surface area (Å²) in [6, 6.07) is 1.87. The van der Waals surface area contributed by atoms with Crippen LogP contribution in [0.15, 0.2) is 6.07 Å². The highest BCUT2D eigenvalue weighted by Crippen LogP contribution is 2.23. The summed E-state index contributed by atoms with van der Waals surface area (Å²) in [5, 5.41) is 8.71. The van der Waals surface area contributed by atoms with Crippen LogP contribution in [0.5, 0.6) is 0 Å². The summed E-state index contributed by atoms with van der Waals surface area (Å²) in [6.45, 7) is 5.59. The Labute approximate surface area is 117 Å². The van der Waals surface area contributed by atoms with E-state index in [1.807, 2.05) is 24.8 Å². The van der Waals surface area contributed by atoms with E-state index in [0.717, 1.165) is 10.4 Å². The average Bonchev–Trinajstić information content (AvgIpc) is 2.77. The molecule has 1 saturated heterocycles. The molecule has 1 amide bonds. The molecule has 1 aromatic rings. The topological polar surface area (TPSA) is 49.8 Å². The summed E-state index contributed by atoms with van der Waals surface area (Å²) in [7, 11) is 0. The predicted octanol–water partition coefficient (Wildman–Crippen LogP) is 1.26. The van der Waals surface area contributed by atoms with Crippen molar-refractivity contribution in [2.75, 3.05) is 26.3 Å². The molecule has 1 atom stereocenters. The summed E-state index contributed by atoms with van der Waals surface area (Å²) >= 11 is 1.39. The second kappa shape index (κ2) is 6.20. The first-order chi connectivity index (χ1) is 9.11. The largest absolute Gasteiger partial charge is 0.384 e. The highest BCUT2D eigenvalue weighted by atomic mass is 32.1. The Hall–Kier alpha value is -1.35. The van der Waals surface area contributed by atoms with Crippen LogP contribution in [0.25, 0.3) is 0 Å². The van der Waals surface area contributed by atoms with Crippen LogP contribution in [0.4, 0.5) is 0 Å². The molecule has 0 saturated carbocycles. The van der Waals surface area contributed by atoms with Crippen LogP contribution < -0.4 is 0 Å². The van der Waals surface area contributed by atoms with Crippen molar-refractivity contribution in [1.29, 1.82) is 0 Å². The van der Waals surface area contributed by atoms with Gasteiger partial charge in [-0.15, -0.1) is 11.3 Å². The number of ether oxygens (including phenoxy) is 1. The molecule has 2 rings (SSSR count). The van der Waals surface area contributed by atoms with Gasteiger partial charge in [0.25, 0.3) is 5.91 Å². The Morgan fingerprint density at radius 2 is 2.47 bits per heavy atom. The van der Waals surface area contributed by atoms with Crippen molar-refractivity contribution < 1.29 is 14.6 Å². The molecule has 1 aliphatic rings. The Kier molecular flexibility index (Phi) is 4.59. The molecule has 5 heteroatoms. The van der Waals surface area contributed by atoms with Crippen molar-refractivity contribution in [3.8, 4) is 11.8 Å². The van der Waals surface area contributed by atoms with Gasteiger partial charge in [-0.2, -0.15) is 0 Å². The molecule has 1 N–H and O–H groups in total. The quantitative estimate of drug-likeness (QED) is 0.787. The predicted molar refractivity (Wildman–Crippen MR) is 74.3 cm³/mol. The molecule has 2 heterocycles. The van der Waals surface area contributed by atoms with E-state index in [1.54, 1.807) is 0 Å². The van der Waals surface area contributed by atoms with Crippen LogP contribution in [-0.2, 0) is 4.74 Å². The number of rotatable bonds is 1. The van der Waals surface area contributed by atoms with Gasteiger partial charge < -0.3 is 14.7 Å². The number of carbonyl (C=O) groups excluding carboxylic acids is 1. The van der Waals surface area contributed by atoms with E-state index in [2.05, 4.69) is 11.8 Å². The highest BCUT2D eigenvalue weighted by Gasteiger charge is 2.24. The number of aryl methyl sites for hydroxylation is 1. The van der Waals surface area contributed by atoms with E-state index < -0.39 is 0 Å². The third-order valence-electron chi connectivity index (χ3n) is 2.94. The summed E-state index contributed by atoms with van der Waals surface area (Å²) in [5.41, 5.74) is 0.982. The number of nitrogens with zero attached hydrogens (tertiary/aromatic N) is 1. The number of aliphatic hydroxyl groups is 1. The number of thiophene rings is 1. The molecule has 19 heavy (non-hydrogen) atoms. The number of aliphatic hydroxyl groups excluding tert-OH is 1. The highest BCUT2D eigenvalue weighted by molar-refractivity contribution is 7.14. The molecule has 0 radical (unpaired) electrons. The van der Waals surface area contributed by atoms with Crippen LogP contribution in [0.1, 0.15) is 27.0 Å². The Balaban J connectivity index is 2.15. The van der Waals surface area contributed by atoms with Crippen molar-refractivity contribution in [3.05, 3.63) is 21.4 Å². The van der Waals surface area contributed by atoms with Crippen LogP contribution in [0.2, 0.25) is 0 Å². The number of morpholine rings is 1. The first-order valence-electron chi connectivity index (χ1n) is 6.23. The zero-order valence-electron chi connectivity index (χ0n) is 11.1. The van der Waals surface area contributed by atoms with Gasteiger partial charge in [0.2, 0.25) is 0 Å². The first-order valence-corrected chi connectivity index (χ1v) is 7.04. The first kappa shape index (κ1) is 14.1. The molecule has 102 valence electrons. The van der Waals surface area contributed by atoms with E-state index in [1.165, 1.54) is 11.3 Å². The van der Waals surface area contributed by atoms with Crippen molar-refractivity contribution in [2.24, 2.45) is 0 Å². The van der Waals surface area contributed by atoms with Crippen LogP contribution in [0.3, 0.4) is 0 Å². The maximum Gasteiger partial charge on any atom is 0.264 e. The summed E-state index contributed by atoms with van der Waals surface area (Å²) in [5.74, 6) is 5.53. The van der Waals surface area contributed by atoms with E-state index in [0.29, 0.717) is 24.6 Å². The van der Waals surface area contributed by atoms with Gasteiger partial charge in [0.15, 0.2) is 0 Å². The Morgan fingerprint density at radius 1 is 1.68 bits per heavy atom. The van der Waals surface area contributed by atoms with Gasteiger partial charge in [-0.05, 0) is 25.5 Å². The third kappa shape index (κ3) is 3.35. The second-order valence-corrected chi connectivity index (χ2v) is 5.57. The van der Waals surface area contributed by atoms with Gasteiger partial charge in [-0.3, -0.25) is 4.79 Å². The zero-order chi connectivity index (χ0) is 13.8. The summed E-state index contributed by atoms with van der Waals surface area (Å²) < 4.78 is 5.44. The zero-order valence-corrected chi connectivity index (χ0v) is 11.9. The van der Waals surface area contributed by atoms with Crippen LogP contribution >= 0.6 is 11.3 Å². The molecule has 1 aromatic heterocycles. The normalized spacial score (nSPS) is 18.9. The van der Waals surface area contributed by atoms with Gasteiger partial charge in [-0.1, -0.05) is 11.8 Å². The van der Waals surface area contributed by atoms with E-state index in [-0.39, 0.29) is 18.6 Å². The minimum absolute atomic E-state index is 0.0419. The number of hydrogen-bond acceptors (Lipinski definition) is 4. The van der Waals surface area contributed by atoms with Crippen molar-refractivity contribution in [1.82, 2.24) is 4.90 Å². The molecule has 0 bridgehead atoms. The number of hydrogen-bond donors (Lipinski definition) is 1. The fourth-order valence-electron chi connectivity index (χ4n) is 1.99. The summed E-state index contributed by atoms with van der Waals surface area (Å²) in [4.78, 5) is 15.7. The molecular weight excluding hydrogens is 262 g/mol. The van der Waals surface area contributed by atoms with E-state index >= 15 is 0 Å². The monoisotopic (exact) mass is 279 g/mol. The Morgan fingerprint density at radius 3 is 3.16 bits per heavy atom. The van der Waals surface area contributed by atoms with E-state index in [9.17, 15) is 4.79 Å². The van der Waals surface area contributed by atoms with Crippen molar-refractivity contribution >= 4 is 17.2 Å². The average molecular weight is 279 g/mol. The lowest BCUT2D eigenvalue weighted by atomic mass is 10.2. The maximum absolute atomic E-state index is 12.4. The van der Waals surface area contributed by atoms with Gasteiger partial charge >= 0.3 is 0 Å². The van der Waals surface area contributed by atoms with E-state index in [4.69, 9.17) is 9.84 Å². The SMILES string of the molecule is Cc1cc(C(=O)N2CCOC(C)C2)sc1C#CCO. The smallest absolute Gasteiger partial charge is 0.264 e. The lowest BCUT2D eigenvalue weighted by Gasteiger charge is -2.30. The Bertz CT molecular complexity index is 527. The minimum Gasteiger partial charge on any atom is -0.384 e. The van der Waals surface area contributed by atoms with Gasteiger partial charge in [0, 0.05) is 13.1 Å². The van der Waals surface area contributed by atoms with Crippen LogP contribution in [-0.4, -0.2) is 48.3 Å². The molecule has 0 aromatic carbocycles. The lowest BCUT2D eigenvalue weighted by molar-refractivity contribution is -0.0122. The van der Waals surface area contributed by atoms with Gasteiger partial charge in [-0.25, -0.2) is 0 Å². The maximum atomic E-state index is 12.4. The van der Waals surface area contributed by atoms with Crippen molar-refractivity contribution in [3.63, 3.8) is 0 Å². The fraction of sp³-hybridized carbons (Fsp3) is 0.500. The molecule has 1 aliphatic heterocycles. The number of amides is 1. The second-order valence-electron chi connectivity index (χ2n) is 4.52. The minimum atomic E-state index is -0.165. The summed E-state index contributed by atoms with van der Waals surface area (Å²) in [6.07, 6.45) is 0.0902. The third-order valence-corrected chi connectivity index (χ3v) is 4.08. The lowest BCUT2D eigenvalue weighted by Crippen LogP contribution is -2.44. The van der Waals surface area contributed by atoms with Crippen LogP contribution in [0, 0.1) is 18.8 Å². The molecule has 1 fully saturated rings. The molecule has 0 aliphatic carbocycles. The molecule has 4 nitrogen and oxygen atoms in total. The fourth-order valence-corrected chi connectivity index (χ4v) is 3.01. The van der Waals surface area contributed by atoms with Crippen molar-refractivity contribution in [2.45, 2.75) is 20.0 Å². The molecular formula is C14H17NO3S. The van der Waals surface area contributed by atoms with Gasteiger partial charge in [0.05, 0.1) is 22.5 Å². The molecule has 1 unspecified atom stereocenters. The molecule has 0 spiro atoms. The standard InChI is InChI=1S/C14H17NO3S/c1-10-8-13(19-12(10)4-3-6-16)14(17)15-5-7-18-11(2)9-15/h8,11,16H,5-7,9H2,1-2H3. The number of carbonyl (C=O) groups is 1. The van der Waals surface area contributed by atoms with Gasteiger partial charge in [0.1, 0.15) is 6.61 Å².